The summed E-state index contributed by atoms with van der Waals surface area (Å²) in [6, 6.07) is 6.04. The highest BCUT2D eigenvalue weighted by atomic mass is 79.9. The van der Waals surface area contributed by atoms with E-state index in [2.05, 4.69) is 28.2 Å². The quantitative estimate of drug-likeness (QED) is 0.840. The van der Waals surface area contributed by atoms with Crippen molar-refractivity contribution in [1.29, 1.82) is 0 Å². The number of ether oxygens (including phenoxy) is 2. The van der Waals surface area contributed by atoms with E-state index in [0.29, 0.717) is 6.61 Å². The zero-order chi connectivity index (χ0) is 12.7. The van der Waals surface area contributed by atoms with Crippen molar-refractivity contribution in [2.75, 3.05) is 26.8 Å². The van der Waals surface area contributed by atoms with E-state index >= 15 is 0 Å². The molecule has 1 rings (SSSR count). The van der Waals surface area contributed by atoms with E-state index in [1.54, 1.807) is 7.11 Å². The highest BCUT2D eigenvalue weighted by Gasteiger charge is 2.11. The van der Waals surface area contributed by atoms with E-state index < -0.39 is 0 Å². The van der Waals surface area contributed by atoms with Gasteiger partial charge in [0.25, 0.3) is 0 Å². The van der Waals surface area contributed by atoms with Crippen LogP contribution in [0.1, 0.15) is 12.5 Å². The largest absolute Gasteiger partial charge is 0.486 e. The molecule has 0 amide bonds. The summed E-state index contributed by atoms with van der Waals surface area (Å²) in [7, 11) is 1.69. The Labute approximate surface area is 112 Å². The van der Waals surface area contributed by atoms with Gasteiger partial charge in [-0.3, -0.25) is 0 Å². The summed E-state index contributed by atoms with van der Waals surface area (Å²) in [5, 5.41) is 3.27. The maximum Gasteiger partial charge on any atom is 0.134 e. The number of rotatable bonds is 7. The molecule has 1 unspecified atom stereocenters. The number of benzene rings is 1. The van der Waals surface area contributed by atoms with Crippen LogP contribution in [0.2, 0.25) is 0 Å². The lowest BCUT2D eigenvalue weighted by molar-refractivity contribution is 0.0805. The Morgan fingerprint density at radius 2 is 2.18 bits per heavy atom. The van der Waals surface area contributed by atoms with Gasteiger partial charge in [-0.2, -0.15) is 0 Å². The van der Waals surface area contributed by atoms with E-state index in [-0.39, 0.29) is 6.10 Å². The van der Waals surface area contributed by atoms with Crippen LogP contribution in [0.4, 0.5) is 0 Å². The first-order chi connectivity index (χ1) is 8.17. The topological polar surface area (TPSA) is 30.5 Å². The van der Waals surface area contributed by atoms with Crippen molar-refractivity contribution in [2.45, 2.75) is 20.0 Å². The normalized spacial score (nSPS) is 12.5. The number of nitrogens with one attached hydrogen (secondary N) is 1. The highest BCUT2D eigenvalue weighted by Crippen LogP contribution is 2.23. The van der Waals surface area contributed by atoms with E-state index in [4.69, 9.17) is 9.47 Å². The van der Waals surface area contributed by atoms with Crippen LogP contribution in [0.3, 0.4) is 0 Å². The smallest absolute Gasteiger partial charge is 0.134 e. The van der Waals surface area contributed by atoms with Crippen LogP contribution in [-0.4, -0.2) is 32.9 Å². The van der Waals surface area contributed by atoms with E-state index in [1.165, 1.54) is 0 Å². The van der Waals surface area contributed by atoms with Crippen LogP contribution < -0.4 is 10.1 Å². The number of likely N-dealkylation sites (N-methyl/N-ethyl adjacent to an activating group) is 1. The molecule has 4 heteroatoms. The van der Waals surface area contributed by atoms with Gasteiger partial charge < -0.3 is 14.8 Å². The molecule has 3 nitrogen and oxygen atoms in total. The van der Waals surface area contributed by atoms with Crippen LogP contribution in [-0.2, 0) is 4.74 Å². The van der Waals surface area contributed by atoms with Crippen molar-refractivity contribution >= 4 is 15.9 Å². The molecule has 1 aromatic rings. The molecular formula is C13H20BrNO2. The van der Waals surface area contributed by atoms with Crippen molar-refractivity contribution in [3.8, 4) is 5.75 Å². The van der Waals surface area contributed by atoms with E-state index in [1.807, 2.05) is 25.1 Å². The van der Waals surface area contributed by atoms with Gasteiger partial charge in [-0.15, -0.1) is 0 Å². The SMILES string of the molecule is CCNCC(COC)Oc1cc(Br)ccc1C. The van der Waals surface area contributed by atoms with Gasteiger partial charge in [-0.1, -0.05) is 28.9 Å². The summed E-state index contributed by atoms with van der Waals surface area (Å²) in [5.41, 5.74) is 1.13. The van der Waals surface area contributed by atoms with Crippen LogP contribution in [0.5, 0.6) is 5.75 Å². The lowest BCUT2D eigenvalue weighted by Crippen LogP contribution is -2.35. The number of methoxy groups -OCH3 is 1. The number of hydrogen-bond acceptors (Lipinski definition) is 3. The zero-order valence-electron chi connectivity index (χ0n) is 10.6. The van der Waals surface area contributed by atoms with Gasteiger partial charge >= 0.3 is 0 Å². The number of aryl methyl sites for hydroxylation is 1. The Morgan fingerprint density at radius 3 is 2.82 bits per heavy atom. The Bertz CT molecular complexity index is 344. The van der Waals surface area contributed by atoms with Gasteiger partial charge in [0.05, 0.1) is 6.61 Å². The van der Waals surface area contributed by atoms with Gasteiger partial charge in [-0.05, 0) is 31.2 Å². The standard InChI is InChI=1S/C13H20BrNO2/c1-4-15-8-12(9-16-3)17-13-7-11(14)6-5-10(13)2/h5-7,12,15H,4,8-9H2,1-3H3. The molecule has 0 radical (unpaired) electrons. The predicted octanol–water partition coefficient (Wildman–Crippen LogP) is 2.76. The highest BCUT2D eigenvalue weighted by molar-refractivity contribution is 9.10. The summed E-state index contributed by atoms with van der Waals surface area (Å²) in [4.78, 5) is 0. The second-order valence-corrected chi connectivity index (χ2v) is 4.83. The molecule has 0 spiro atoms. The van der Waals surface area contributed by atoms with E-state index in [9.17, 15) is 0 Å². The van der Waals surface area contributed by atoms with Crippen molar-refractivity contribution in [1.82, 2.24) is 5.32 Å². The van der Waals surface area contributed by atoms with Crippen molar-refractivity contribution in [2.24, 2.45) is 0 Å². The fourth-order valence-electron chi connectivity index (χ4n) is 1.51. The second kappa shape index (κ2) is 7.69. The number of hydrogen-bond donors (Lipinski definition) is 1. The Morgan fingerprint density at radius 1 is 1.41 bits per heavy atom. The third-order valence-corrected chi connectivity index (χ3v) is 2.91. The molecule has 17 heavy (non-hydrogen) atoms. The summed E-state index contributed by atoms with van der Waals surface area (Å²) in [5.74, 6) is 0.902. The van der Waals surface area contributed by atoms with Gasteiger partial charge in [0, 0.05) is 18.1 Å². The molecule has 1 aromatic carbocycles. The van der Waals surface area contributed by atoms with Crippen molar-refractivity contribution in [3.63, 3.8) is 0 Å². The molecular weight excluding hydrogens is 282 g/mol. The van der Waals surface area contributed by atoms with Gasteiger partial charge in [0.1, 0.15) is 11.9 Å². The Kier molecular flexibility index (Phi) is 6.55. The Hall–Kier alpha value is -0.580. The predicted molar refractivity (Wildman–Crippen MR) is 73.7 cm³/mol. The van der Waals surface area contributed by atoms with Gasteiger partial charge in [0.15, 0.2) is 0 Å². The van der Waals surface area contributed by atoms with Crippen LogP contribution in [0.25, 0.3) is 0 Å². The molecule has 0 aliphatic carbocycles. The molecule has 0 aliphatic rings. The number of halogens is 1. The third-order valence-electron chi connectivity index (χ3n) is 2.42. The molecule has 0 aromatic heterocycles. The Balaban J connectivity index is 2.67. The molecule has 0 fully saturated rings. The molecule has 96 valence electrons. The maximum atomic E-state index is 5.95. The first kappa shape index (κ1) is 14.5. The fraction of sp³-hybridized carbons (Fsp3) is 0.538. The van der Waals surface area contributed by atoms with E-state index in [0.717, 1.165) is 28.9 Å². The third kappa shape index (κ3) is 5.06. The lowest BCUT2D eigenvalue weighted by Gasteiger charge is -2.20. The summed E-state index contributed by atoms with van der Waals surface area (Å²) < 4.78 is 12.1. The maximum absolute atomic E-state index is 5.95. The minimum atomic E-state index is 0.0351. The minimum Gasteiger partial charge on any atom is -0.486 e. The van der Waals surface area contributed by atoms with Gasteiger partial charge in [0.2, 0.25) is 0 Å². The molecule has 0 saturated carbocycles. The van der Waals surface area contributed by atoms with Gasteiger partial charge in [-0.25, -0.2) is 0 Å². The zero-order valence-corrected chi connectivity index (χ0v) is 12.2. The lowest BCUT2D eigenvalue weighted by atomic mass is 10.2. The average molecular weight is 302 g/mol. The van der Waals surface area contributed by atoms with Crippen molar-refractivity contribution < 1.29 is 9.47 Å². The minimum absolute atomic E-state index is 0.0351. The fourth-order valence-corrected chi connectivity index (χ4v) is 1.85. The first-order valence-electron chi connectivity index (χ1n) is 5.79. The summed E-state index contributed by atoms with van der Waals surface area (Å²) in [6.45, 7) is 6.42. The monoisotopic (exact) mass is 301 g/mol. The average Bonchev–Trinajstić information content (AvgIpc) is 2.31. The van der Waals surface area contributed by atoms with Crippen LogP contribution in [0.15, 0.2) is 22.7 Å². The molecule has 0 saturated heterocycles. The summed E-state index contributed by atoms with van der Waals surface area (Å²) in [6.07, 6.45) is 0.0351. The van der Waals surface area contributed by atoms with Crippen molar-refractivity contribution in [3.05, 3.63) is 28.2 Å². The molecule has 1 atom stereocenters. The molecule has 0 aliphatic heterocycles. The first-order valence-corrected chi connectivity index (χ1v) is 6.59. The molecule has 0 heterocycles. The second-order valence-electron chi connectivity index (χ2n) is 3.91. The van der Waals surface area contributed by atoms with Crippen LogP contribution in [0, 0.1) is 6.92 Å². The summed E-state index contributed by atoms with van der Waals surface area (Å²) >= 11 is 3.45. The van der Waals surface area contributed by atoms with Crippen LogP contribution >= 0.6 is 15.9 Å². The molecule has 0 bridgehead atoms. The molecule has 1 N–H and O–H groups in total.